The van der Waals surface area contributed by atoms with E-state index >= 15 is 0 Å². The minimum absolute atomic E-state index is 0.128. The molecule has 0 aliphatic carbocycles. The van der Waals surface area contributed by atoms with Gasteiger partial charge in [0, 0.05) is 10.6 Å². The second-order valence-electron chi connectivity index (χ2n) is 5.41. The van der Waals surface area contributed by atoms with Crippen LogP contribution in [0.25, 0.3) is 0 Å². The molecule has 1 atom stereocenters. The summed E-state index contributed by atoms with van der Waals surface area (Å²) in [5, 5.41) is 3.54. The summed E-state index contributed by atoms with van der Waals surface area (Å²) in [4.78, 5) is 11.9. The van der Waals surface area contributed by atoms with Gasteiger partial charge >= 0.3 is 0 Å². The summed E-state index contributed by atoms with van der Waals surface area (Å²) >= 11 is 5.87. The van der Waals surface area contributed by atoms with Crippen molar-refractivity contribution in [3.8, 4) is 5.75 Å². The molecule has 1 N–H and O–H groups in total. The molecule has 100 valence electrons. The minimum Gasteiger partial charge on any atom is -0.481 e. The number of rotatable bonds is 3. The van der Waals surface area contributed by atoms with Crippen molar-refractivity contribution in [1.29, 1.82) is 0 Å². The molecule has 1 amide bonds. The lowest BCUT2D eigenvalue weighted by molar-refractivity contribution is -0.128. The smallest absolute Gasteiger partial charge is 0.261 e. The Morgan fingerprint density at radius 3 is 2.50 bits per heavy atom. The van der Waals surface area contributed by atoms with E-state index in [0.29, 0.717) is 10.8 Å². The highest BCUT2D eigenvalue weighted by molar-refractivity contribution is 6.30. The predicted molar refractivity (Wildman–Crippen MR) is 74.2 cm³/mol. The van der Waals surface area contributed by atoms with Crippen molar-refractivity contribution >= 4 is 17.5 Å². The van der Waals surface area contributed by atoms with Gasteiger partial charge < -0.3 is 10.1 Å². The Morgan fingerprint density at radius 1 is 1.39 bits per heavy atom. The van der Waals surface area contributed by atoms with E-state index < -0.39 is 6.10 Å². The van der Waals surface area contributed by atoms with Gasteiger partial charge in [-0.3, -0.25) is 4.79 Å². The molecule has 4 heteroatoms. The van der Waals surface area contributed by atoms with Crippen molar-refractivity contribution in [1.82, 2.24) is 5.32 Å². The third kappa shape index (κ3) is 4.57. The summed E-state index contributed by atoms with van der Waals surface area (Å²) in [7, 11) is 0. The summed E-state index contributed by atoms with van der Waals surface area (Å²) in [5.74, 6) is 0.549. The van der Waals surface area contributed by atoms with Crippen LogP contribution in [-0.2, 0) is 4.79 Å². The van der Waals surface area contributed by atoms with E-state index in [1.54, 1.807) is 19.1 Å². The normalized spacial score (nSPS) is 13.0. The third-order valence-corrected chi connectivity index (χ3v) is 2.54. The number of amides is 1. The molecule has 0 aliphatic heterocycles. The molecule has 0 heterocycles. The quantitative estimate of drug-likeness (QED) is 0.914. The van der Waals surface area contributed by atoms with Gasteiger partial charge in [0.25, 0.3) is 5.91 Å². The van der Waals surface area contributed by atoms with E-state index in [2.05, 4.69) is 5.32 Å². The molecule has 0 radical (unpaired) electrons. The highest BCUT2D eigenvalue weighted by Crippen LogP contribution is 2.22. The van der Waals surface area contributed by atoms with Crippen LogP contribution in [0.15, 0.2) is 18.2 Å². The van der Waals surface area contributed by atoms with Crippen molar-refractivity contribution in [2.24, 2.45) is 0 Å². The Hall–Kier alpha value is -1.22. The van der Waals surface area contributed by atoms with Crippen LogP contribution in [0.5, 0.6) is 5.75 Å². The van der Waals surface area contributed by atoms with Gasteiger partial charge in [-0.05, 0) is 58.4 Å². The summed E-state index contributed by atoms with van der Waals surface area (Å²) in [5.41, 5.74) is 0.655. The first-order valence-corrected chi connectivity index (χ1v) is 6.31. The summed E-state index contributed by atoms with van der Waals surface area (Å²) in [6, 6.07) is 5.34. The van der Waals surface area contributed by atoms with Crippen molar-refractivity contribution in [2.75, 3.05) is 0 Å². The number of halogens is 1. The Balaban J connectivity index is 2.69. The number of carbonyl (C=O) groups excluding carboxylic acids is 1. The van der Waals surface area contributed by atoms with E-state index in [4.69, 9.17) is 16.3 Å². The fourth-order valence-corrected chi connectivity index (χ4v) is 1.69. The van der Waals surface area contributed by atoms with Gasteiger partial charge in [0.05, 0.1) is 0 Å². The summed E-state index contributed by atoms with van der Waals surface area (Å²) < 4.78 is 5.64. The molecule has 18 heavy (non-hydrogen) atoms. The average molecular weight is 270 g/mol. The van der Waals surface area contributed by atoms with E-state index in [0.717, 1.165) is 5.56 Å². The molecule has 1 aromatic carbocycles. The van der Waals surface area contributed by atoms with Gasteiger partial charge in [-0.2, -0.15) is 0 Å². The molecule has 3 nitrogen and oxygen atoms in total. The maximum absolute atomic E-state index is 11.9. The second-order valence-corrected chi connectivity index (χ2v) is 5.85. The van der Waals surface area contributed by atoms with E-state index in [-0.39, 0.29) is 11.4 Å². The first-order chi connectivity index (χ1) is 8.19. The van der Waals surface area contributed by atoms with E-state index in [9.17, 15) is 4.79 Å². The molecular weight excluding hydrogens is 250 g/mol. The third-order valence-electron chi connectivity index (χ3n) is 2.31. The molecular formula is C14H20ClNO2. The number of hydrogen-bond acceptors (Lipinski definition) is 2. The van der Waals surface area contributed by atoms with Crippen molar-refractivity contribution in [2.45, 2.75) is 46.3 Å². The van der Waals surface area contributed by atoms with Gasteiger partial charge in [0.15, 0.2) is 6.10 Å². The topological polar surface area (TPSA) is 38.3 Å². The van der Waals surface area contributed by atoms with Crippen LogP contribution in [0.2, 0.25) is 5.02 Å². The van der Waals surface area contributed by atoms with Crippen LogP contribution in [-0.4, -0.2) is 17.6 Å². The summed E-state index contributed by atoms with van der Waals surface area (Å²) in [6.45, 7) is 9.44. The number of hydrogen-bond donors (Lipinski definition) is 1. The van der Waals surface area contributed by atoms with E-state index in [1.807, 2.05) is 33.8 Å². The second kappa shape index (κ2) is 5.61. The molecule has 0 fully saturated rings. The van der Waals surface area contributed by atoms with Gasteiger partial charge in [-0.1, -0.05) is 11.6 Å². The van der Waals surface area contributed by atoms with Crippen LogP contribution in [0, 0.1) is 6.92 Å². The Kier molecular flexibility index (Phi) is 4.63. The average Bonchev–Trinajstić information content (AvgIpc) is 2.19. The molecule has 0 unspecified atom stereocenters. The molecule has 1 aromatic rings. The fourth-order valence-electron chi connectivity index (χ4n) is 1.46. The Labute approximate surface area is 113 Å². The number of nitrogens with one attached hydrogen (secondary N) is 1. The SMILES string of the molecule is Cc1cc(Cl)ccc1O[C@@H](C)C(=O)NC(C)(C)C. The zero-order valence-corrected chi connectivity index (χ0v) is 12.3. The first kappa shape index (κ1) is 14.8. The fraction of sp³-hybridized carbons (Fsp3) is 0.500. The van der Waals surface area contributed by atoms with Crippen LogP contribution in [0.4, 0.5) is 0 Å². The first-order valence-electron chi connectivity index (χ1n) is 5.94. The van der Waals surface area contributed by atoms with Crippen molar-refractivity contribution < 1.29 is 9.53 Å². The number of benzene rings is 1. The number of carbonyl (C=O) groups is 1. The number of aryl methyl sites for hydroxylation is 1. The molecule has 0 saturated carbocycles. The monoisotopic (exact) mass is 269 g/mol. The molecule has 0 aliphatic rings. The maximum Gasteiger partial charge on any atom is 0.261 e. The zero-order chi connectivity index (χ0) is 13.9. The van der Waals surface area contributed by atoms with Gasteiger partial charge in [0.2, 0.25) is 0 Å². The number of ether oxygens (including phenoxy) is 1. The van der Waals surface area contributed by atoms with Crippen LogP contribution in [0.3, 0.4) is 0 Å². The predicted octanol–water partition coefficient (Wildman–Crippen LogP) is 3.33. The highest BCUT2D eigenvalue weighted by Gasteiger charge is 2.20. The minimum atomic E-state index is -0.538. The van der Waals surface area contributed by atoms with Crippen LogP contribution in [0.1, 0.15) is 33.3 Å². The van der Waals surface area contributed by atoms with E-state index in [1.165, 1.54) is 0 Å². The Morgan fingerprint density at radius 2 is 2.00 bits per heavy atom. The van der Waals surface area contributed by atoms with Crippen LogP contribution >= 0.6 is 11.6 Å². The van der Waals surface area contributed by atoms with Gasteiger partial charge in [0.1, 0.15) is 5.75 Å². The lowest BCUT2D eigenvalue weighted by atomic mass is 10.1. The zero-order valence-electron chi connectivity index (χ0n) is 11.5. The van der Waals surface area contributed by atoms with Gasteiger partial charge in [-0.25, -0.2) is 0 Å². The summed E-state index contributed by atoms with van der Waals surface area (Å²) in [6.07, 6.45) is -0.538. The molecule has 0 bridgehead atoms. The van der Waals surface area contributed by atoms with Gasteiger partial charge in [-0.15, -0.1) is 0 Å². The molecule has 1 rings (SSSR count). The lowest BCUT2D eigenvalue weighted by Crippen LogP contribution is -2.46. The Bertz CT molecular complexity index is 438. The van der Waals surface area contributed by atoms with Crippen molar-refractivity contribution in [3.05, 3.63) is 28.8 Å². The molecule has 0 aromatic heterocycles. The largest absolute Gasteiger partial charge is 0.481 e. The standard InChI is InChI=1S/C14H20ClNO2/c1-9-8-11(15)6-7-12(9)18-10(2)13(17)16-14(3,4)5/h6-8,10H,1-5H3,(H,16,17)/t10-/m0/s1. The van der Waals surface area contributed by atoms with Crippen LogP contribution < -0.4 is 10.1 Å². The molecule has 0 spiro atoms. The lowest BCUT2D eigenvalue weighted by Gasteiger charge is -2.24. The van der Waals surface area contributed by atoms with Crippen molar-refractivity contribution in [3.63, 3.8) is 0 Å². The molecule has 0 saturated heterocycles. The highest BCUT2D eigenvalue weighted by atomic mass is 35.5. The maximum atomic E-state index is 11.9.